The predicted octanol–water partition coefficient (Wildman–Crippen LogP) is 1.42. The highest BCUT2D eigenvalue weighted by atomic mass is 19.3. The third kappa shape index (κ3) is 2.89. The predicted molar refractivity (Wildman–Crippen MR) is 50.3 cm³/mol. The van der Waals surface area contributed by atoms with Crippen molar-refractivity contribution in [3.63, 3.8) is 0 Å². The van der Waals surface area contributed by atoms with Gasteiger partial charge in [-0.1, -0.05) is 0 Å². The Labute approximate surface area is 98.6 Å². The molecule has 0 bridgehead atoms. The summed E-state index contributed by atoms with van der Waals surface area (Å²) in [6.45, 7) is -3.29. The van der Waals surface area contributed by atoms with Gasteiger partial charge in [-0.15, -0.1) is 0 Å². The molecule has 0 aliphatic carbocycles. The minimum Gasteiger partial charge on any atom is -0.479 e. The molecule has 0 amide bonds. The molecule has 0 fully saturated rings. The molecule has 2 N–H and O–H groups in total. The highest BCUT2D eigenvalue weighted by Crippen LogP contribution is 2.27. The second-order valence-corrected chi connectivity index (χ2v) is 3.10. The lowest BCUT2D eigenvalue weighted by Crippen LogP contribution is -2.13. The number of ether oxygens (including phenoxy) is 1. The average molecular weight is 261 g/mol. The summed E-state index contributed by atoms with van der Waals surface area (Å²) in [5.74, 6) is -3.90. The first-order chi connectivity index (χ1) is 8.36. The number of alkyl halides is 2. The fraction of sp³-hybridized carbons (Fsp3) is 0.200. The van der Waals surface area contributed by atoms with Crippen molar-refractivity contribution in [3.8, 4) is 11.8 Å². The molecule has 0 aliphatic heterocycles. The summed E-state index contributed by atoms with van der Waals surface area (Å²) < 4.78 is 40.9. The first-order valence-corrected chi connectivity index (χ1v) is 4.46. The molecule has 0 aliphatic rings. The van der Waals surface area contributed by atoms with E-state index in [1.165, 1.54) is 6.07 Å². The Morgan fingerprint density at radius 2 is 2.06 bits per heavy atom. The van der Waals surface area contributed by atoms with E-state index in [4.69, 9.17) is 10.4 Å². The Hall–Kier alpha value is -2.27. The lowest BCUT2D eigenvalue weighted by atomic mass is 10.0. The Morgan fingerprint density at radius 3 is 2.50 bits per heavy atom. The molecular weight excluding hydrogens is 255 g/mol. The van der Waals surface area contributed by atoms with Gasteiger partial charge in [-0.3, -0.25) is 0 Å². The van der Waals surface area contributed by atoms with E-state index in [0.717, 1.165) is 0 Å². The summed E-state index contributed by atoms with van der Waals surface area (Å²) in [4.78, 5) is 10.5. The van der Waals surface area contributed by atoms with Gasteiger partial charge >= 0.3 is 12.6 Å². The average Bonchev–Trinajstić information content (AvgIpc) is 2.29. The molecule has 18 heavy (non-hydrogen) atoms. The smallest absolute Gasteiger partial charge is 0.387 e. The number of aliphatic carboxylic acids is 1. The summed E-state index contributed by atoms with van der Waals surface area (Å²) in [6.07, 6.45) is -2.13. The molecule has 0 saturated heterocycles. The van der Waals surface area contributed by atoms with Gasteiger partial charge in [0.25, 0.3) is 0 Å². The molecule has 5 nitrogen and oxygen atoms in total. The maximum Gasteiger partial charge on any atom is 0.387 e. The van der Waals surface area contributed by atoms with E-state index in [0.29, 0.717) is 12.1 Å². The van der Waals surface area contributed by atoms with Crippen molar-refractivity contribution in [1.29, 1.82) is 5.26 Å². The van der Waals surface area contributed by atoms with Gasteiger partial charge in [-0.25, -0.2) is 9.18 Å². The van der Waals surface area contributed by atoms with Crippen molar-refractivity contribution in [3.05, 3.63) is 29.1 Å². The Morgan fingerprint density at radius 1 is 1.44 bits per heavy atom. The summed E-state index contributed by atoms with van der Waals surface area (Å²) in [6, 6.07) is 2.52. The Bertz CT molecular complexity index is 513. The monoisotopic (exact) mass is 261 g/mol. The highest BCUT2D eigenvalue weighted by Gasteiger charge is 2.23. The maximum atomic E-state index is 13.3. The van der Waals surface area contributed by atoms with Crippen molar-refractivity contribution in [2.75, 3.05) is 0 Å². The zero-order valence-electron chi connectivity index (χ0n) is 8.60. The molecule has 1 unspecified atom stereocenters. The van der Waals surface area contributed by atoms with Gasteiger partial charge in [0, 0.05) is 11.6 Å². The minimum absolute atomic E-state index is 0.467. The number of aliphatic hydroxyl groups excluding tert-OH is 1. The van der Waals surface area contributed by atoms with Crippen LogP contribution in [-0.4, -0.2) is 22.8 Å². The van der Waals surface area contributed by atoms with Crippen molar-refractivity contribution < 1.29 is 32.9 Å². The Balaban J connectivity index is 3.28. The quantitative estimate of drug-likeness (QED) is 0.855. The number of aliphatic hydroxyl groups is 1. The minimum atomic E-state index is -3.29. The van der Waals surface area contributed by atoms with Gasteiger partial charge in [0.15, 0.2) is 17.7 Å². The van der Waals surface area contributed by atoms with Gasteiger partial charge < -0.3 is 14.9 Å². The number of carbonyl (C=O) groups is 1. The standard InChI is InChI=1S/C10H6F3NO4/c11-6-2-5(8(15)9(16)17)4(3-14)1-7(6)18-10(12)13/h1-2,8,10,15H,(H,16,17). The van der Waals surface area contributed by atoms with Crippen LogP contribution in [0, 0.1) is 17.1 Å². The van der Waals surface area contributed by atoms with Gasteiger partial charge in [-0.05, 0) is 6.07 Å². The second kappa shape index (κ2) is 5.37. The third-order valence-electron chi connectivity index (χ3n) is 1.97. The Kier molecular flexibility index (Phi) is 4.12. The van der Waals surface area contributed by atoms with Crippen LogP contribution in [0.25, 0.3) is 0 Å². The van der Waals surface area contributed by atoms with E-state index >= 15 is 0 Å². The summed E-state index contributed by atoms with van der Waals surface area (Å²) in [5.41, 5.74) is -1.01. The van der Waals surface area contributed by atoms with Gasteiger partial charge in [0.05, 0.1) is 11.6 Å². The number of hydrogen-bond acceptors (Lipinski definition) is 4. The molecule has 0 radical (unpaired) electrons. The molecule has 0 aromatic heterocycles. The highest BCUT2D eigenvalue weighted by molar-refractivity contribution is 5.75. The lowest BCUT2D eigenvalue weighted by Gasteiger charge is -2.11. The van der Waals surface area contributed by atoms with Crippen molar-refractivity contribution >= 4 is 5.97 Å². The van der Waals surface area contributed by atoms with E-state index in [1.54, 1.807) is 0 Å². The number of halogens is 3. The summed E-state index contributed by atoms with van der Waals surface area (Å²) >= 11 is 0. The van der Waals surface area contributed by atoms with Crippen molar-refractivity contribution in [2.45, 2.75) is 12.7 Å². The van der Waals surface area contributed by atoms with Crippen LogP contribution in [0.4, 0.5) is 13.2 Å². The van der Waals surface area contributed by atoms with Gasteiger partial charge in [0.1, 0.15) is 0 Å². The number of rotatable bonds is 4. The van der Waals surface area contributed by atoms with Crippen LogP contribution >= 0.6 is 0 Å². The molecule has 1 atom stereocenters. The number of nitriles is 1. The van der Waals surface area contributed by atoms with E-state index in [1.807, 2.05) is 0 Å². The van der Waals surface area contributed by atoms with Crippen molar-refractivity contribution in [1.82, 2.24) is 0 Å². The fourth-order valence-corrected chi connectivity index (χ4v) is 1.21. The van der Waals surface area contributed by atoms with Crippen LogP contribution in [0.3, 0.4) is 0 Å². The molecule has 96 valence electrons. The normalized spacial score (nSPS) is 12.0. The fourth-order valence-electron chi connectivity index (χ4n) is 1.21. The van der Waals surface area contributed by atoms with Crippen LogP contribution in [-0.2, 0) is 4.79 Å². The molecule has 1 aromatic carbocycles. The zero-order valence-corrected chi connectivity index (χ0v) is 8.60. The molecular formula is C10H6F3NO4. The van der Waals surface area contributed by atoms with Crippen LogP contribution < -0.4 is 4.74 Å². The zero-order chi connectivity index (χ0) is 13.9. The SMILES string of the molecule is N#Cc1cc(OC(F)F)c(F)cc1C(O)C(=O)O. The number of hydrogen-bond donors (Lipinski definition) is 2. The van der Waals surface area contributed by atoms with E-state index in [9.17, 15) is 23.1 Å². The van der Waals surface area contributed by atoms with E-state index in [2.05, 4.69) is 4.74 Å². The van der Waals surface area contributed by atoms with Crippen LogP contribution in [0.5, 0.6) is 5.75 Å². The number of benzene rings is 1. The number of carboxylic acids is 1. The largest absolute Gasteiger partial charge is 0.479 e. The van der Waals surface area contributed by atoms with Crippen LogP contribution in [0.1, 0.15) is 17.2 Å². The summed E-state index contributed by atoms with van der Waals surface area (Å²) in [5, 5.41) is 26.4. The molecule has 1 rings (SSSR count). The molecule has 1 aromatic rings. The molecule has 0 saturated carbocycles. The van der Waals surface area contributed by atoms with Crippen LogP contribution in [0.2, 0.25) is 0 Å². The first-order valence-electron chi connectivity index (χ1n) is 4.46. The summed E-state index contributed by atoms with van der Waals surface area (Å²) in [7, 11) is 0. The second-order valence-electron chi connectivity index (χ2n) is 3.10. The van der Waals surface area contributed by atoms with Gasteiger partial charge in [0.2, 0.25) is 0 Å². The third-order valence-corrected chi connectivity index (χ3v) is 1.97. The molecule has 0 heterocycles. The molecule has 8 heteroatoms. The van der Waals surface area contributed by atoms with Gasteiger partial charge in [-0.2, -0.15) is 14.0 Å². The molecule has 0 spiro atoms. The van der Waals surface area contributed by atoms with Crippen molar-refractivity contribution in [2.24, 2.45) is 0 Å². The van der Waals surface area contributed by atoms with E-state index < -0.39 is 41.4 Å². The first kappa shape index (κ1) is 13.8. The number of nitrogens with zero attached hydrogens (tertiary/aromatic N) is 1. The maximum absolute atomic E-state index is 13.3. The van der Waals surface area contributed by atoms with Crippen LogP contribution in [0.15, 0.2) is 12.1 Å². The van der Waals surface area contributed by atoms with E-state index in [-0.39, 0.29) is 0 Å². The topological polar surface area (TPSA) is 90.5 Å². The number of carboxylic acid groups (broad SMARTS) is 1. The lowest BCUT2D eigenvalue weighted by molar-refractivity contribution is -0.147.